The molecular weight excluding hydrogens is 392 g/mol. The zero-order valence-corrected chi connectivity index (χ0v) is 16.7. The standard InChI is InChI=1S/C21H21BrN2O2/c1-21(2)10-16-18-13(9-17(25-3)20(16)26-21)8-15(11-23)24-19(18)12-5-4-6-14(22)7-12/h4-9H,10-11,23H2,1-3H3. The zero-order chi connectivity index (χ0) is 18.5. The number of ether oxygens (including phenoxy) is 2. The van der Waals surface area contributed by atoms with Crippen molar-refractivity contribution in [1.82, 2.24) is 4.98 Å². The van der Waals surface area contributed by atoms with Gasteiger partial charge in [0.2, 0.25) is 0 Å². The topological polar surface area (TPSA) is 57.4 Å². The largest absolute Gasteiger partial charge is 0.493 e. The van der Waals surface area contributed by atoms with E-state index in [0.29, 0.717) is 6.54 Å². The molecule has 1 aromatic heterocycles. The van der Waals surface area contributed by atoms with Gasteiger partial charge in [0.15, 0.2) is 11.5 Å². The smallest absolute Gasteiger partial charge is 0.166 e. The molecule has 3 aromatic rings. The van der Waals surface area contributed by atoms with Crippen LogP contribution in [-0.2, 0) is 13.0 Å². The Kier molecular flexibility index (Phi) is 4.16. The molecule has 134 valence electrons. The van der Waals surface area contributed by atoms with Gasteiger partial charge in [0.25, 0.3) is 0 Å². The van der Waals surface area contributed by atoms with Crippen LogP contribution in [0.25, 0.3) is 22.0 Å². The lowest BCUT2D eigenvalue weighted by Crippen LogP contribution is -2.24. The molecule has 0 atom stereocenters. The minimum Gasteiger partial charge on any atom is -0.493 e. The summed E-state index contributed by atoms with van der Waals surface area (Å²) in [5.74, 6) is 1.58. The van der Waals surface area contributed by atoms with E-state index in [-0.39, 0.29) is 5.60 Å². The Balaban J connectivity index is 2.10. The molecule has 1 aliphatic heterocycles. The van der Waals surface area contributed by atoms with Crippen LogP contribution in [0.2, 0.25) is 0 Å². The molecule has 0 radical (unpaired) electrons. The fourth-order valence-corrected chi connectivity index (χ4v) is 4.04. The Morgan fingerprint density at radius 1 is 1.27 bits per heavy atom. The van der Waals surface area contributed by atoms with Crippen molar-refractivity contribution in [2.24, 2.45) is 5.73 Å². The summed E-state index contributed by atoms with van der Waals surface area (Å²) < 4.78 is 12.8. The van der Waals surface area contributed by atoms with Crippen molar-refractivity contribution in [2.45, 2.75) is 32.4 Å². The average Bonchev–Trinajstić information content (AvgIpc) is 2.94. The molecule has 26 heavy (non-hydrogen) atoms. The molecule has 5 heteroatoms. The molecule has 0 saturated heterocycles. The van der Waals surface area contributed by atoms with Crippen LogP contribution in [-0.4, -0.2) is 17.7 Å². The quantitative estimate of drug-likeness (QED) is 0.667. The fourth-order valence-electron chi connectivity index (χ4n) is 3.64. The average molecular weight is 413 g/mol. The lowest BCUT2D eigenvalue weighted by atomic mass is 9.93. The number of fused-ring (bicyclic) bond motifs is 3. The lowest BCUT2D eigenvalue weighted by molar-refractivity contribution is 0.134. The molecule has 0 aliphatic carbocycles. The van der Waals surface area contributed by atoms with Gasteiger partial charge in [-0.15, -0.1) is 0 Å². The van der Waals surface area contributed by atoms with Crippen molar-refractivity contribution in [1.29, 1.82) is 0 Å². The molecule has 0 amide bonds. The van der Waals surface area contributed by atoms with Crippen molar-refractivity contribution in [3.05, 3.63) is 52.1 Å². The van der Waals surface area contributed by atoms with Gasteiger partial charge in [0.05, 0.1) is 18.5 Å². The highest BCUT2D eigenvalue weighted by molar-refractivity contribution is 9.10. The van der Waals surface area contributed by atoms with Crippen LogP contribution < -0.4 is 15.2 Å². The summed E-state index contributed by atoms with van der Waals surface area (Å²) in [6, 6.07) is 12.3. The number of benzene rings is 2. The van der Waals surface area contributed by atoms with E-state index in [9.17, 15) is 0 Å². The third-order valence-corrected chi connectivity index (χ3v) is 5.19. The number of pyridine rings is 1. The van der Waals surface area contributed by atoms with Crippen molar-refractivity contribution < 1.29 is 9.47 Å². The number of hydrogen-bond donors (Lipinski definition) is 1. The van der Waals surface area contributed by atoms with Crippen molar-refractivity contribution in [3.63, 3.8) is 0 Å². The molecule has 0 spiro atoms. The lowest BCUT2D eigenvalue weighted by Gasteiger charge is -2.17. The fraction of sp³-hybridized carbons (Fsp3) is 0.286. The molecule has 2 N–H and O–H groups in total. The highest BCUT2D eigenvalue weighted by Crippen LogP contribution is 2.48. The van der Waals surface area contributed by atoms with E-state index in [0.717, 1.165) is 55.7 Å². The number of rotatable bonds is 3. The summed E-state index contributed by atoms with van der Waals surface area (Å²) >= 11 is 3.57. The molecule has 2 heterocycles. The second kappa shape index (κ2) is 6.25. The first-order chi connectivity index (χ1) is 12.4. The van der Waals surface area contributed by atoms with Crippen LogP contribution in [0.1, 0.15) is 25.1 Å². The minimum atomic E-state index is -0.273. The van der Waals surface area contributed by atoms with Crippen molar-refractivity contribution in [3.8, 4) is 22.8 Å². The maximum Gasteiger partial charge on any atom is 0.166 e. The minimum absolute atomic E-state index is 0.273. The molecule has 0 saturated carbocycles. The molecule has 1 aliphatic rings. The molecule has 2 aromatic carbocycles. The van der Waals surface area contributed by atoms with E-state index >= 15 is 0 Å². The van der Waals surface area contributed by atoms with Gasteiger partial charge in [-0.25, -0.2) is 0 Å². The molecule has 4 nitrogen and oxygen atoms in total. The Morgan fingerprint density at radius 2 is 2.08 bits per heavy atom. The van der Waals surface area contributed by atoms with E-state index < -0.39 is 0 Å². The SMILES string of the molecule is COc1cc2cc(CN)nc(-c3cccc(Br)c3)c2c2c1OC(C)(C)C2. The third-order valence-electron chi connectivity index (χ3n) is 4.70. The summed E-state index contributed by atoms with van der Waals surface area (Å²) in [6.07, 6.45) is 0.806. The van der Waals surface area contributed by atoms with Gasteiger partial charge in [-0.05, 0) is 43.5 Å². The second-order valence-corrected chi connectivity index (χ2v) is 8.12. The second-order valence-electron chi connectivity index (χ2n) is 7.20. The molecule has 0 fully saturated rings. The first kappa shape index (κ1) is 17.3. The first-order valence-electron chi connectivity index (χ1n) is 8.60. The third kappa shape index (κ3) is 2.85. The van der Waals surface area contributed by atoms with Crippen LogP contribution >= 0.6 is 15.9 Å². The van der Waals surface area contributed by atoms with Crippen LogP contribution in [0.5, 0.6) is 11.5 Å². The van der Waals surface area contributed by atoms with Gasteiger partial charge < -0.3 is 15.2 Å². The zero-order valence-electron chi connectivity index (χ0n) is 15.1. The molecule has 4 rings (SSSR count). The van der Waals surface area contributed by atoms with Gasteiger partial charge in [-0.3, -0.25) is 4.98 Å². The number of hydrogen-bond acceptors (Lipinski definition) is 4. The monoisotopic (exact) mass is 412 g/mol. The first-order valence-corrected chi connectivity index (χ1v) is 9.39. The number of nitrogens with zero attached hydrogens (tertiary/aromatic N) is 1. The van der Waals surface area contributed by atoms with Gasteiger partial charge in [0.1, 0.15) is 5.60 Å². The van der Waals surface area contributed by atoms with E-state index in [1.54, 1.807) is 7.11 Å². The maximum absolute atomic E-state index is 6.21. The number of halogens is 1. The van der Waals surface area contributed by atoms with Gasteiger partial charge in [-0.1, -0.05) is 28.1 Å². The Morgan fingerprint density at radius 3 is 2.77 bits per heavy atom. The van der Waals surface area contributed by atoms with Crippen LogP contribution in [0.4, 0.5) is 0 Å². The predicted molar refractivity (Wildman–Crippen MR) is 108 cm³/mol. The molecule has 0 bridgehead atoms. The van der Waals surface area contributed by atoms with Crippen molar-refractivity contribution in [2.75, 3.05) is 7.11 Å². The number of nitrogens with two attached hydrogens (primary N) is 1. The normalized spacial score (nSPS) is 15.0. The number of aromatic nitrogens is 1. The Labute approximate surface area is 161 Å². The Bertz CT molecular complexity index is 1010. The maximum atomic E-state index is 6.21. The summed E-state index contributed by atoms with van der Waals surface area (Å²) in [4.78, 5) is 4.87. The highest BCUT2D eigenvalue weighted by atomic mass is 79.9. The van der Waals surface area contributed by atoms with Crippen LogP contribution in [0.3, 0.4) is 0 Å². The van der Waals surface area contributed by atoms with Gasteiger partial charge in [-0.2, -0.15) is 0 Å². The van der Waals surface area contributed by atoms with E-state index in [1.165, 1.54) is 0 Å². The van der Waals surface area contributed by atoms with Gasteiger partial charge >= 0.3 is 0 Å². The Hall–Kier alpha value is -2.11. The molecule has 0 unspecified atom stereocenters. The van der Waals surface area contributed by atoms with E-state index in [4.69, 9.17) is 20.2 Å². The summed E-state index contributed by atoms with van der Waals surface area (Å²) in [5, 5.41) is 2.19. The van der Waals surface area contributed by atoms with E-state index in [1.807, 2.05) is 24.3 Å². The highest BCUT2D eigenvalue weighted by Gasteiger charge is 2.35. The van der Waals surface area contributed by atoms with E-state index in [2.05, 4.69) is 41.9 Å². The van der Waals surface area contributed by atoms with Crippen LogP contribution in [0.15, 0.2) is 40.9 Å². The summed E-state index contributed by atoms with van der Waals surface area (Å²) in [6.45, 7) is 4.58. The predicted octanol–water partition coefficient (Wildman–Crippen LogP) is 4.85. The summed E-state index contributed by atoms with van der Waals surface area (Å²) in [7, 11) is 1.68. The van der Waals surface area contributed by atoms with Crippen molar-refractivity contribution >= 4 is 26.7 Å². The van der Waals surface area contributed by atoms with Gasteiger partial charge in [0, 0.05) is 34.0 Å². The summed E-state index contributed by atoms with van der Waals surface area (Å²) in [5.41, 5.74) is 9.63. The number of methoxy groups -OCH3 is 1. The molecular formula is C21H21BrN2O2. The van der Waals surface area contributed by atoms with Crippen LogP contribution in [0, 0.1) is 0 Å².